The van der Waals surface area contributed by atoms with Gasteiger partial charge >= 0.3 is 0 Å². The second-order valence-corrected chi connectivity index (χ2v) is 8.54. The van der Waals surface area contributed by atoms with Gasteiger partial charge < -0.3 is 15.5 Å². The van der Waals surface area contributed by atoms with Crippen LogP contribution in [0.25, 0.3) is 10.9 Å². The second-order valence-electron chi connectivity index (χ2n) is 8.54. The summed E-state index contributed by atoms with van der Waals surface area (Å²) >= 11 is 0. The minimum Gasteiger partial charge on any atom is -0.358 e. The van der Waals surface area contributed by atoms with E-state index in [1.165, 1.54) is 12.1 Å². The van der Waals surface area contributed by atoms with Crippen LogP contribution in [0.1, 0.15) is 34.7 Å². The summed E-state index contributed by atoms with van der Waals surface area (Å²) in [6.45, 7) is 3.76. The Morgan fingerprint density at radius 1 is 1.15 bits per heavy atom. The Kier molecular flexibility index (Phi) is 7.62. The van der Waals surface area contributed by atoms with Gasteiger partial charge in [0.1, 0.15) is 5.82 Å². The molecule has 0 bridgehead atoms. The van der Waals surface area contributed by atoms with E-state index in [2.05, 4.69) is 20.5 Å². The zero-order chi connectivity index (χ0) is 23.0. The van der Waals surface area contributed by atoms with Crippen LogP contribution in [0.4, 0.5) is 4.39 Å². The average molecular weight is 449 g/mol. The Bertz CT molecular complexity index is 1080. The topological polar surface area (TPSA) is 74.3 Å². The summed E-state index contributed by atoms with van der Waals surface area (Å²) < 4.78 is 13.3. The lowest BCUT2D eigenvalue weighted by Crippen LogP contribution is -2.41. The SMILES string of the molecule is O=CNCC(c1ccc(F)cc1)C1CCN(CCNC(=O)c2cnc3ccccc3c2)CC1. The number of carbonyl (C=O) groups excluding carboxylic acids is 2. The number of hydrogen-bond acceptors (Lipinski definition) is 4. The Balaban J connectivity index is 1.26. The lowest BCUT2D eigenvalue weighted by atomic mass is 9.80. The van der Waals surface area contributed by atoms with Gasteiger partial charge in [0.15, 0.2) is 0 Å². The molecule has 1 saturated heterocycles. The van der Waals surface area contributed by atoms with Gasteiger partial charge in [-0.05, 0) is 61.7 Å². The molecule has 1 aliphatic heterocycles. The van der Waals surface area contributed by atoms with Crippen molar-refractivity contribution in [3.8, 4) is 0 Å². The molecule has 6 nitrogen and oxygen atoms in total. The molecule has 1 atom stereocenters. The van der Waals surface area contributed by atoms with Gasteiger partial charge in [-0.1, -0.05) is 30.3 Å². The second kappa shape index (κ2) is 11.0. The Labute approximate surface area is 193 Å². The quantitative estimate of drug-likeness (QED) is 0.493. The van der Waals surface area contributed by atoms with Gasteiger partial charge in [-0.15, -0.1) is 0 Å². The number of fused-ring (bicyclic) bond motifs is 1. The van der Waals surface area contributed by atoms with Gasteiger partial charge in [0, 0.05) is 37.1 Å². The molecular weight excluding hydrogens is 419 g/mol. The molecule has 2 heterocycles. The molecule has 0 saturated carbocycles. The third-order valence-electron chi connectivity index (χ3n) is 6.49. The van der Waals surface area contributed by atoms with E-state index in [1.807, 2.05) is 42.5 Å². The molecule has 1 aliphatic rings. The number of nitrogens with zero attached hydrogens (tertiary/aromatic N) is 2. The summed E-state index contributed by atoms with van der Waals surface area (Å²) in [4.78, 5) is 30.1. The van der Waals surface area contributed by atoms with E-state index in [0.717, 1.165) is 55.4 Å². The fraction of sp³-hybridized carbons (Fsp3) is 0.346. The van der Waals surface area contributed by atoms with Crippen molar-refractivity contribution in [1.29, 1.82) is 0 Å². The van der Waals surface area contributed by atoms with Crippen LogP contribution in [0.15, 0.2) is 60.8 Å². The van der Waals surface area contributed by atoms with Gasteiger partial charge in [-0.3, -0.25) is 14.6 Å². The van der Waals surface area contributed by atoms with Crippen molar-refractivity contribution < 1.29 is 14.0 Å². The first kappa shape index (κ1) is 22.9. The number of likely N-dealkylation sites (tertiary alicyclic amines) is 1. The molecule has 2 aromatic carbocycles. The number of benzene rings is 2. The van der Waals surface area contributed by atoms with Crippen LogP contribution in [0.3, 0.4) is 0 Å². The van der Waals surface area contributed by atoms with E-state index in [-0.39, 0.29) is 17.6 Å². The molecule has 0 radical (unpaired) electrons. The number of halogens is 1. The summed E-state index contributed by atoms with van der Waals surface area (Å²) in [7, 11) is 0. The molecule has 1 fully saturated rings. The molecule has 172 valence electrons. The van der Waals surface area contributed by atoms with Gasteiger partial charge in [0.05, 0.1) is 11.1 Å². The summed E-state index contributed by atoms with van der Waals surface area (Å²) in [5.74, 6) is 0.215. The third-order valence-corrected chi connectivity index (χ3v) is 6.49. The van der Waals surface area contributed by atoms with Gasteiger partial charge in [-0.25, -0.2) is 4.39 Å². The highest BCUT2D eigenvalue weighted by atomic mass is 19.1. The number of rotatable bonds is 9. The van der Waals surface area contributed by atoms with Crippen molar-refractivity contribution in [2.75, 3.05) is 32.7 Å². The summed E-state index contributed by atoms with van der Waals surface area (Å²) in [5, 5.41) is 6.75. The van der Waals surface area contributed by atoms with Crippen LogP contribution in [-0.2, 0) is 4.79 Å². The number of pyridine rings is 1. The van der Waals surface area contributed by atoms with E-state index in [4.69, 9.17) is 0 Å². The normalized spacial score (nSPS) is 15.8. The van der Waals surface area contributed by atoms with Crippen LogP contribution in [-0.4, -0.2) is 54.9 Å². The molecule has 3 aromatic rings. The van der Waals surface area contributed by atoms with Crippen LogP contribution < -0.4 is 10.6 Å². The lowest BCUT2D eigenvalue weighted by Gasteiger charge is -2.36. The number of aromatic nitrogens is 1. The Morgan fingerprint density at radius 2 is 1.91 bits per heavy atom. The monoisotopic (exact) mass is 448 g/mol. The number of carbonyl (C=O) groups is 2. The predicted octanol–water partition coefficient (Wildman–Crippen LogP) is 3.35. The molecule has 33 heavy (non-hydrogen) atoms. The Hall–Kier alpha value is -3.32. The van der Waals surface area contributed by atoms with Crippen LogP contribution in [0.2, 0.25) is 0 Å². The maximum atomic E-state index is 13.3. The van der Waals surface area contributed by atoms with Crippen LogP contribution >= 0.6 is 0 Å². The summed E-state index contributed by atoms with van der Waals surface area (Å²) in [6, 6.07) is 16.2. The third kappa shape index (κ3) is 5.93. The van der Waals surface area contributed by atoms with E-state index in [9.17, 15) is 14.0 Å². The fourth-order valence-corrected chi connectivity index (χ4v) is 4.65. The molecule has 0 spiro atoms. The smallest absolute Gasteiger partial charge is 0.252 e. The standard InChI is InChI=1S/C26H29FN4O2/c27-23-7-5-19(6-8-23)24(17-28-18-32)20-9-12-31(13-10-20)14-11-29-26(33)22-15-21-3-1-2-4-25(21)30-16-22/h1-8,15-16,18,20,24H,9-14,17H2,(H,28,32)(H,29,33). The van der Waals surface area contributed by atoms with Crippen molar-refractivity contribution >= 4 is 23.2 Å². The first-order valence-corrected chi connectivity index (χ1v) is 11.4. The van der Waals surface area contributed by atoms with E-state index >= 15 is 0 Å². The Morgan fingerprint density at radius 3 is 2.67 bits per heavy atom. The van der Waals surface area contributed by atoms with Crippen molar-refractivity contribution in [3.05, 3.63) is 77.7 Å². The number of nitrogens with one attached hydrogen (secondary N) is 2. The highest BCUT2D eigenvalue weighted by Crippen LogP contribution is 2.32. The highest BCUT2D eigenvalue weighted by molar-refractivity contribution is 5.97. The zero-order valence-corrected chi connectivity index (χ0v) is 18.5. The molecule has 1 unspecified atom stereocenters. The first-order valence-electron chi connectivity index (χ1n) is 11.4. The molecule has 2 N–H and O–H groups in total. The minimum atomic E-state index is -0.253. The average Bonchev–Trinajstić information content (AvgIpc) is 2.85. The maximum Gasteiger partial charge on any atom is 0.252 e. The van der Waals surface area contributed by atoms with Gasteiger partial charge in [0.25, 0.3) is 5.91 Å². The molecule has 2 amide bonds. The van der Waals surface area contributed by atoms with Gasteiger partial charge in [-0.2, -0.15) is 0 Å². The van der Waals surface area contributed by atoms with Crippen molar-refractivity contribution in [1.82, 2.24) is 20.5 Å². The lowest BCUT2D eigenvalue weighted by molar-refractivity contribution is -0.109. The van der Waals surface area contributed by atoms with Crippen LogP contribution in [0, 0.1) is 11.7 Å². The molecule has 4 rings (SSSR count). The molecular formula is C26H29FN4O2. The minimum absolute atomic E-state index is 0.112. The molecule has 1 aromatic heterocycles. The van der Waals surface area contributed by atoms with Crippen molar-refractivity contribution in [2.24, 2.45) is 5.92 Å². The number of amides is 2. The van der Waals surface area contributed by atoms with E-state index < -0.39 is 0 Å². The summed E-state index contributed by atoms with van der Waals surface area (Å²) in [5.41, 5.74) is 2.50. The number of hydrogen-bond donors (Lipinski definition) is 2. The van der Waals surface area contributed by atoms with Crippen LogP contribution in [0.5, 0.6) is 0 Å². The number of piperidine rings is 1. The van der Waals surface area contributed by atoms with Gasteiger partial charge in [0.2, 0.25) is 6.41 Å². The van der Waals surface area contributed by atoms with Crippen molar-refractivity contribution in [3.63, 3.8) is 0 Å². The summed E-state index contributed by atoms with van der Waals surface area (Å²) in [6.07, 6.45) is 4.32. The number of para-hydroxylation sites is 1. The first-order chi connectivity index (χ1) is 16.1. The molecule has 7 heteroatoms. The van der Waals surface area contributed by atoms with E-state index in [0.29, 0.717) is 24.6 Å². The largest absolute Gasteiger partial charge is 0.358 e. The predicted molar refractivity (Wildman–Crippen MR) is 126 cm³/mol. The van der Waals surface area contributed by atoms with E-state index in [1.54, 1.807) is 6.20 Å². The molecule has 0 aliphatic carbocycles. The fourth-order valence-electron chi connectivity index (χ4n) is 4.65. The zero-order valence-electron chi connectivity index (χ0n) is 18.5. The maximum absolute atomic E-state index is 13.3. The van der Waals surface area contributed by atoms with Crippen molar-refractivity contribution in [2.45, 2.75) is 18.8 Å². The highest BCUT2D eigenvalue weighted by Gasteiger charge is 2.27.